The van der Waals surface area contributed by atoms with E-state index < -0.39 is 0 Å². The van der Waals surface area contributed by atoms with Crippen LogP contribution in [0.5, 0.6) is 0 Å². The van der Waals surface area contributed by atoms with Crippen LogP contribution in [0.4, 0.5) is 10.5 Å². The Bertz CT molecular complexity index is 897. The zero-order valence-corrected chi connectivity index (χ0v) is 15.4. The summed E-state index contributed by atoms with van der Waals surface area (Å²) in [5.74, 6) is -0.135. The van der Waals surface area contributed by atoms with Crippen LogP contribution >= 0.6 is 0 Å². The molecule has 3 aromatic rings. The number of carbonyl (C=O) groups is 2. The highest BCUT2D eigenvalue weighted by atomic mass is 16.2. The van der Waals surface area contributed by atoms with E-state index in [9.17, 15) is 9.59 Å². The average molecular weight is 374 g/mol. The molecule has 0 bridgehead atoms. The van der Waals surface area contributed by atoms with E-state index in [0.29, 0.717) is 24.3 Å². The molecule has 0 aliphatic rings. The number of urea groups is 1. The normalized spacial score (nSPS) is 10.1. The number of hydrogen-bond acceptors (Lipinski definition) is 3. The maximum atomic E-state index is 12.2. The summed E-state index contributed by atoms with van der Waals surface area (Å²) in [6.07, 6.45) is 4.14. The Labute approximate surface area is 164 Å². The van der Waals surface area contributed by atoms with E-state index in [4.69, 9.17) is 0 Å². The van der Waals surface area contributed by atoms with E-state index in [-0.39, 0.29) is 11.9 Å². The van der Waals surface area contributed by atoms with Gasteiger partial charge in [-0.2, -0.15) is 0 Å². The van der Waals surface area contributed by atoms with Gasteiger partial charge >= 0.3 is 6.03 Å². The largest absolute Gasteiger partial charge is 0.352 e. The van der Waals surface area contributed by atoms with Crippen molar-refractivity contribution >= 4 is 17.6 Å². The van der Waals surface area contributed by atoms with Crippen LogP contribution in [0, 0.1) is 0 Å². The highest BCUT2D eigenvalue weighted by Crippen LogP contribution is 2.10. The molecule has 142 valence electrons. The predicted octanol–water partition coefficient (Wildman–Crippen LogP) is 3.38. The smallest absolute Gasteiger partial charge is 0.319 e. The van der Waals surface area contributed by atoms with Crippen molar-refractivity contribution in [1.82, 2.24) is 15.6 Å². The molecule has 0 aliphatic heterocycles. The average Bonchev–Trinajstić information content (AvgIpc) is 2.74. The molecule has 3 amide bonds. The first kappa shape index (κ1) is 19.1. The lowest BCUT2D eigenvalue weighted by Crippen LogP contribution is -2.28. The van der Waals surface area contributed by atoms with Crippen LogP contribution in [0.25, 0.3) is 0 Å². The molecule has 6 heteroatoms. The van der Waals surface area contributed by atoms with Gasteiger partial charge in [-0.1, -0.05) is 30.3 Å². The third-order valence-electron chi connectivity index (χ3n) is 4.15. The topological polar surface area (TPSA) is 83.1 Å². The van der Waals surface area contributed by atoms with Crippen LogP contribution in [0.15, 0.2) is 79.1 Å². The second-order valence-corrected chi connectivity index (χ2v) is 6.23. The Morgan fingerprint density at radius 3 is 2.21 bits per heavy atom. The molecule has 3 N–H and O–H groups in total. The van der Waals surface area contributed by atoms with E-state index in [1.165, 1.54) is 5.56 Å². The summed E-state index contributed by atoms with van der Waals surface area (Å²) in [4.78, 5) is 28.1. The van der Waals surface area contributed by atoms with Gasteiger partial charge in [0.1, 0.15) is 0 Å². The van der Waals surface area contributed by atoms with Crippen molar-refractivity contribution in [3.63, 3.8) is 0 Å². The molecule has 0 aliphatic carbocycles. The Hall–Kier alpha value is -3.67. The van der Waals surface area contributed by atoms with Gasteiger partial charge in [0.25, 0.3) is 5.91 Å². The second kappa shape index (κ2) is 9.87. The minimum atomic E-state index is -0.308. The lowest BCUT2D eigenvalue weighted by molar-refractivity contribution is 0.0954. The third kappa shape index (κ3) is 5.95. The summed E-state index contributed by atoms with van der Waals surface area (Å²) in [5, 5.41) is 8.42. The number of carbonyl (C=O) groups excluding carboxylic acids is 2. The molecule has 0 saturated heterocycles. The monoisotopic (exact) mass is 374 g/mol. The van der Waals surface area contributed by atoms with Crippen LogP contribution in [0.2, 0.25) is 0 Å². The van der Waals surface area contributed by atoms with E-state index >= 15 is 0 Å². The summed E-state index contributed by atoms with van der Waals surface area (Å²) in [6, 6.07) is 20.2. The van der Waals surface area contributed by atoms with Crippen LogP contribution < -0.4 is 16.0 Å². The van der Waals surface area contributed by atoms with Gasteiger partial charge in [-0.3, -0.25) is 9.78 Å². The van der Waals surface area contributed by atoms with Crippen molar-refractivity contribution in [2.24, 2.45) is 0 Å². The predicted molar refractivity (Wildman–Crippen MR) is 109 cm³/mol. The molecule has 0 radical (unpaired) electrons. The van der Waals surface area contributed by atoms with Gasteiger partial charge in [-0.05, 0) is 53.9 Å². The van der Waals surface area contributed by atoms with Gasteiger partial charge in [-0.25, -0.2) is 4.79 Å². The van der Waals surface area contributed by atoms with E-state index in [1.807, 2.05) is 42.5 Å². The fourth-order valence-electron chi connectivity index (χ4n) is 2.63. The summed E-state index contributed by atoms with van der Waals surface area (Å²) >= 11 is 0. The van der Waals surface area contributed by atoms with Gasteiger partial charge in [0.15, 0.2) is 0 Å². The van der Waals surface area contributed by atoms with E-state index in [2.05, 4.69) is 20.9 Å². The number of anilines is 1. The van der Waals surface area contributed by atoms with Crippen molar-refractivity contribution in [3.8, 4) is 0 Å². The summed E-state index contributed by atoms with van der Waals surface area (Å²) in [5.41, 5.74) is 3.32. The van der Waals surface area contributed by atoms with Crippen LogP contribution in [0.3, 0.4) is 0 Å². The first-order chi connectivity index (χ1) is 13.7. The number of benzene rings is 2. The van der Waals surface area contributed by atoms with Gasteiger partial charge in [0.05, 0.1) is 0 Å². The Morgan fingerprint density at radius 2 is 1.50 bits per heavy atom. The summed E-state index contributed by atoms with van der Waals surface area (Å²) in [6.45, 7) is 0.983. The number of amides is 3. The molecule has 0 fully saturated rings. The van der Waals surface area contributed by atoms with Crippen LogP contribution in [-0.2, 0) is 13.0 Å². The zero-order valence-electron chi connectivity index (χ0n) is 15.4. The number of aromatic nitrogens is 1. The first-order valence-corrected chi connectivity index (χ1v) is 9.06. The van der Waals surface area contributed by atoms with Gasteiger partial charge in [0.2, 0.25) is 0 Å². The second-order valence-electron chi connectivity index (χ2n) is 6.23. The standard InChI is InChI=1S/C22H22N4O2/c27-21(24-15-12-17-4-2-1-3-5-17)19-6-8-20(9-7-19)26-22(28)25-16-18-10-13-23-14-11-18/h1-11,13-14H,12,15-16H2,(H,24,27)(H2,25,26,28). The fourth-order valence-corrected chi connectivity index (χ4v) is 2.63. The molecular formula is C22H22N4O2. The molecule has 0 spiro atoms. The SMILES string of the molecule is O=C(NCc1ccncc1)Nc1ccc(C(=O)NCCc2ccccc2)cc1. The zero-order chi connectivity index (χ0) is 19.6. The molecule has 1 aromatic heterocycles. The third-order valence-corrected chi connectivity index (χ3v) is 4.15. The highest BCUT2D eigenvalue weighted by molar-refractivity contribution is 5.95. The number of nitrogens with one attached hydrogen (secondary N) is 3. The van der Waals surface area contributed by atoms with Crippen molar-refractivity contribution in [2.45, 2.75) is 13.0 Å². The molecule has 28 heavy (non-hydrogen) atoms. The van der Waals surface area contributed by atoms with E-state index in [1.54, 1.807) is 36.7 Å². The number of hydrogen-bond donors (Lipinski definition) is 3. The fraction of sp³-hybridized carbons (Fsp3) is 0.136. The van der Waals surface area contributed by atoms with Crippen molar-refractivity contribution in [2.75, 3.05) is 11.9 Å². The summed E-state index contributed by atoms with van der Waals surface area (Å²) in [7, 11) is 0. The Kier molecular flexibility index (Phi) is 6.73. The molecular weight excluding hydrogens is 352 g/mol. The Morgan fingerprint density at radius 1 is 0.786 bits per heavy atom. The maximum Gasteiger partial charge on any atom is 0.319 e. The van der Waals surface area contributed by atoms with Crippen LogP contribution in [-0.4, -0.2) is 23.5 Å². The van der Waals surface area contributed by atoms with Gasteiger partial charge in [-0.15, -0.1) is 0 Å². The quantitative estimate of drug-likeness (QED) is 0.593. The number of nitrogens with zero attached hydrogens (tertiary/aromatic N) is 1. The molecule has 6 nitrogen and oxygen atoms in total. The number of pyridine rings is 1. The van der Waals surface area contributed by atoms with Gasteiger partial charge in [0, 0.05) is 36.7 Å². The van der Waals surface area contributed by atoms with Crippen molar-refractivity contribution < 1.29 is 9.59 Å². The summed E-state index contributed by atoms with van der Waals surface area (Å²) < 4.78 is 0. The Balaban J connectivity index is 1.43. The molecule has 0 atom stereocenters. The molecule has 0 unspecified atom stereocenters. The number of rotatable bonds is 7. The maximum absolute atomic E-state index is 12.2. The highest BCUT2D eigenvalue weighted by Gasteiger charge is 2.06. The van der Waals surface area contributed by atoms with E-state index in [0.717, 1.165) is 12.0 Å². The lowest BCUT2D eigenvalue weighted by atomic mass is 10.1. The van der Waals surface area contributed by atoms with Crippen molar-refractivity contribution in [1.29, 1.82) is 0 Å². The minimum absolute atomic E-state index is 0.135. The lowest BCUT2D eigenvalue weighted by Gasteiger charge is -2.09. The van der Waals surface area contributed by atoms with Crippen LogP contribution in [0.1, 0.15) is 21.5 Å². The molecule has 2 aromatic carbocycles. The first-order valence-electron chi connectivity index (χ1n) is 9.06. The molecule has 3 rings (SSSR count). The molecule has 0 saturated carbocycles. The minimum Gasteiger partial charge on any atom is -0.352 e. The van der Waals surface area contributed by atoms with Crippen molar-refractivity contribution in [3.05, 3.63) is 95.8 Å². The molecule has 1 heterocycles. The van der Waals surface area contributed by atoms with Gasteiger partial charge < -0.3 is 16.0 Å².